The van der Waals surface area contributed by atoms with Crippen LogP contribution in [0.3, 0.4) is 0 Å². The standard InChI is InChI=1S/C8H16OSi.Pt/c1-4-8-6-5-7-10(2,3)9-8;/h4,8H,1,5-7H2,2-3H3;. The predicted octanol–water partition coefficient (Wildman–Crippen LogP) is 2.55. The van der Waals surface area contributed by atoms with Crippen molar-refractivity contribution in [3.63, 3.8) is 0 Å². The molecule has 1 atom stereocenters. The number of hydrogen-bond donors (Lipinski definition) is 0. The minimum Gasteiger partial charge on any atom is -0.411 e. The van der Waals surface area contributed by atoms with Gasteiger partial charge in [0, 0.05) is 21.1 Å². The second-order valence-electron chi connectivity index (χ2n) is 3.54. The molecule has 0 N–H and O–H groups in total. The fraction of sp³-hybridized carbons (Fsp3) is 0.750. The molecule has 1 nitrogen and oxygen atoms in total. The summed E-state index contributed by atoms with van der Waals surface area (Å²) in [5.74, 6) is 0. The first-order valence-corrected chi connectivity index (χ1v) is 7.06. The van der Waals surface area contributed by atoms with E-state index in [1.165, 1.54) is 18.9 Å². The maximum absolute atomic E-state index is 5.84. The predicted molar refractivity (Wildman–Crippen MR) is 46.6 cm³/mol. The van der Waals surface area contributed by atoms with Crippen LogP contribution in [-0.2, 0) is 25.5 Å². The molecule has 1 aliphatic heterocycles. The van der Waals surface area contributed by atoms with Gasteiger partial charge in [-0.1, -0.05) is 12.5 Å². The fourth-order valence-electron chi connectivity index (χ4n) is 1.42. The van der Waals surface area contributed by atoms with Crippen LogP contribution in [0.4, 0.5) is 0 Å². The van der Waals surface area contributed by atoms with Crippen molar-refractivity contribution >= 4 is 8.32 Å². The summed E-state index contributed by atoms with van der Waals surface area (Å²) in [6.45, 7) is 8.31. The third kappa shape index (κ3) is 3.68. The normalized spacial score (nSPS) is 28.7. The molecule has 68 valence electrons. The van der Waals surface area contributed by atoms with Gasteiger partial charge >= 0.3 is 0 Å². The maximum atomic E-state index is 5.84. The molecule has 0 aromatic rings. The average Bonchev–Trinajstić information content (AvgIpc) is 1.86. The van der Waals surface area contributed by atoms with Crippen molar-refractivity contribution in [2.45, 2.75) is 38.1 Å². The van der Waals surface area contributed by atoms with E-state index in [4.69, 9.17) is 4.43 Å². The molecule has 1 unspecified atom stereocenters. The van der Waals surface area contributed by atoms with Gasteiger partial charge in [0.15, 0.2) is 8.32 Å². The average molecular weight is 351 g/mol. The zero-order valence-electron chi connectivity index (χ0n) is 7.21. The Balaban J connectivity index is 0.000001000. The molecule has 11 heavy (non-hydrogen) atoms. The van der Waals surface area contributed by atoms with Crippen LogP contribution < -0.4 is 0 Å². The summed E-state index contributed by atoms with van der Waals surface area (Å²) in [6.07, 6.45) is 4.81. The molecule has 1 aliphatic rings. The topological polar surface area (TPSA) is 9.23 Å². The molecule has 1 fully saturated rings. The molecule has 1 saturated heterocycles. The van der Waals surface area contributed by atoms with Crippen molar-refractivity contribution in [1.29, 1.82) is 0 Å². The molecular formula is C8H16OPtSi. The van der Waals surface area contributed by atoms with Gasteiger partial charge in [-0.25, -0.2) is 0 Å². The second kappa shape index (κ2) is 4.59. The first-order chi connectivity index (χ1) is 4.64. The minimum atomic E-state index is -1.25. The second-order valence-corrected chi connectivity index (χ2v) is 7.80. The van der Waals surface area contributed by atoms with E-state index >= 15 is 0 Å². The van der Waals surface area contributed by atoms with Crippen molar-refractivity contribution in [1.82, 2.24) is 0 Å². The molecule has 0 bridgehead atoms. The largest absolute Gasteiger partial charge is 0.411 e. The molecule has 1 rings (SSSR count). The molecule has 0 saturated carbocycles. The van der Waals surface area contributed by atoms with Crippen LogP contribution in [0.5, 0.6) is 0 Å². The van der Waals surface area contributed by atoms with Gasteiger partial charge in [-0.2, -0.15) is 0 Å². The molecule has 0 radical (unpaired) electrons. The monoisotopic (exact) mass is 351 g/mol. The van der Waals surface area contributed by atoms with Gasteiger partial charge < -0.3 is 4.43 Å². The van der Waals surface area contributed by atoms with Crippen LogP contribution >= 0.6 is 0 Å². The van der Waals surface area contributed by atoms with E-state index in [2.05, 4.69) is 19.7 Å². The molecule has 1 heterocycles. The molecule has 3 heteroatoms. The van der Waals surface area contributed by atoms with E-state index in [0.717, 1.165) is 0 Å². The Hall–Kier alpha value is 0.605. The zero-order chi connectivity index (χ0) is 7.61. The van der Waals surface area contributed by atoms with E-state index < -0.39 is 8.32 Å². The first kappa shape index (κ1) is 11.6. The molecule has 0 aromatic heterocycles. The van der Waals surface area contributed by atoms with Crippen LogP contribution in [0.1, 0.15) is 12.8 Å². The zero-order valence-corrected chi connectivity index (χ0v) is 10.5. The Kier molecular flexibility index (Phi) is 4.84. The molecule has 0 amide bonds. The summed E-state index contributed by atoms with van der Waals surface area (Å²) in [7, 11) is -1.25. The number of hydrogen-bond acceptors (Lipinski definition) is 1. The van der Waals surface area contributed by atoms with Crippen LogP contribution in [0, 0.1) is 0 Å². The van der Waals surface area contributed by atoms with Crippen LogP contribution in [0.2, 0.25) is 19.1 Å². The van der Waals surface area contributed by atoms with E-state index in [0.29, 0.717) is 6.10 Å². The van der Waals surface area contributed by atoms with Crippen molar-refractivity contribution in [3.05, 3.63) is 12.7 Å². The van der Waals surface area contributed by atoms with Gasteiger partial charge in [0.05, 0.1) is 6.10 Å². The summed E-state index contributed by atoms with van der Waals surface area (Å²) in [5, 5.41) is 0. The van der Waals surface area contributed by atoms with Gasteiger partial charge in [0.1, 0.15) is 0 Å². The Bertz CT molecular complexity index is 136. The Morgan fingerprint density at radius 1 is 1.55 bits per heavy atom. The summed E-state index contributed by atoms with van der Waals surface area (Å²) >= 11 is 0. The Morgan fingerprint density at radius 3 is 2.55 bits per heavy atom. The first-order valence-electron chi connectivity index (χ1n) is 3.94. The molecule has 0 aromatic carbocycles. The third-order valence-corrected chi connectivity index (χ3v) is 4.50. The third-order valence-electron chi connectivity index (χ3n) is 2.00. The molecule has 0 spiro atoms. The van der Waals surface area contributed by atoms with E-state index in [9.17, 15) is 0 Å². The fourth-order valence-corrected chi connectivity index (χ4v) is 3.63. The summed E-state index contributed by atoms with van der Waals surface area (Å²) in [4.78, 5) is 0. The van der Waals surface area contributed by atoms with Crippen LogP contribution in [0.25, 0.3) is 0 Å². The van der Waals surface area contributed by atoms with Crippen LogP contribution in [-0.4, -0.2) is 14.4 Å². The van der Waals surface area contributed by atoms with Crippen molar-refractivity contribution < 1.29 is 25.5 Å². The van der Waals surface area contributed by atoms with Crippen LogP contribution in [0.15, 0.2) is 12.7 Å². The van der Waals surface area contributed by atoms with Gasteiger partial charge in [-0.15, -0.1) is 6.58 Å². The van der Waals surface area contributed by atoms with Gasteiger partial charge in [-0.05, 0) is 25.6 Å². The minimum absolute atomic E-state index is 0. The van der Waals surface area contributed by atoms with E-state index in [-0.39, 0.29) is 21.1 Å². The smallest absolute Gasteiger partial charge is 0.187 e. The van der Waals surface area contributed by atoms with Crippen molar-refractivity contribution in [2.24, 2.45) is 0 Å². The van der Waals surface area contributed by atoms with Gasteiger partial charge in [-0.3, -0.25) is 0 Å². The summed E-state index contributed by atoms with van der Waals surface area (Å²) < 4.78 is 5.84. The quantitative estimate of drug-likeness (QED) is 0.521. The Labute approximate surface area is 84.6 Å². The summed E-state index contributed by atoms with van der Waals surface area (Å²) in [5.41, 5.74) is 0. The van der Waals surface area contributed by atoms with Gasteiger partial charge in [0.2, 0.25) is 0 Å². The van der Waals surface area contributed by atoms with Crippen molar-refractivity contribution in [3.8, 4) is 0 Å². The van der Waals surface area contributed by atoms with Gasteiger partial charge in [0.25, 0.3) is 0 Å². The maximum Gasteiger partial charge on any atom is 0.187 e. The summed E-state index contributed by atoms with van der Waals surface area (Å²) in [6, 6.07) is 1.32. The van der Waals surface area contributed by atoms with Crippen molar-refractivity contribution in [2.75, 3.05) is 0 Å². The Morgan fingerprint density at radius 2 is 2.18 bits per heavy atom. The molecular weight excluding hydrogens is 335 g/mol. The SMILES string of the molecule is C=CC1CCC[Si](C)(C)O1.[Pt]. The number of rotatable bonds is 1. The molecule has 0 aliphatic carbocycles. The van der Waals surface area contributed by atoms with E-state index in [1.807, 2.05) is 6.08 Å². The van der Waals surface area contributed by atoms with E-state index in [1.54, 1.807) is 0 Å².